The number of hydrogen-bond acceptors (Lipinski definition) is 2. The number of hydrogen-bond donors (Lipinski definition) is 2. The van der Waals surface area contributed by atoms with Gasteiger partial charge >= 0.3 is 0 Å². The lowest BCUT2D eigenvalue weighted by Crippen LogP contribution is -2.35. The molecule has 100 valence electrons. The van der Waals surface area contributed by atoms with E-state index in [1.165, 1.54) is 31.4 Å². The Bertz CT molecular complexity index is 398. The van der Waals surface area contributed by atoms with E-state index in [4.69, 9.17) is 5.73 Å². The average molecular weight is 246 g/mol. The summed E-state index contributed by atoms with van der Waals surface area (Å²) in [6.07, 6.45) is 5.38. The van der Waals surface area contributed by atoms with Crippen LogP contribution in [-0.2, 0) is 0 Å². The fraction of sp³-hybridized carbons (Fsp3) is 0.625. The quantitative estimate of drug-likeness (QED) is 0.784. The molecule has 0 aromatic heterocycles. The predicted octanol–water partition coefficient (Wildman–Crippen LogP) is 4.20. The van der Waals surface area contributed by atoms with Gasteiger partial charge in [-0.2, -0.15) is 0 Å². The third-order valence-corrected chi connectivity index (χ3v) is 4.31. The summed E-state index contributed by atoms with van der Waals surface area (Å²) in [4.78, 5) is 0. The molecule has 2 rings (SSSR count). The van der Waals surface area contributed by atoms with Crippen LogP contribution in [0.4, 0.5) is 11.4 Å². The molecule has 0 saturated heterocycles. The molecular weight excluding hydrogens is 220 g/mol. The Morgan fingerprint density at radius 3 is 2.61 bits per heavy atom. The molecule has 2 nitrogen and oxygen atoms in total. The van der Waals surface area contributed by atoms with E-state index in [1.807, 2.05) is 0 Å². The fourth-order valence-electron chi connectivity index (χ4n) is 3.08. The Balaban J connectivity index is 2.08. The predicted molar refractivity (Wildman–Crippen MR) is 79.8 cm³/mol. The molecule has 1 aliphatic rings. The van der Waals surface area contributed by atoms with Crippen molar-refractivity contribution in [2.45, 2.75) is 52.5 Å². The zero-order chi connectivity index (χ0) is 13.1. The van der Waals surface area contributed by atoms with Crippen LogP contribution in [0.1, 0.15) is 45.1 Å². The molecule has 0 bridgehead atoms. The highest BCUT2D eigenvalue weighted by Crippen LogP contribution is 2.32. The van der Waals surface area contributed by atoms with Gasteiger partial charge in [0.25, 0.3) is 0 Å². The highest BCUT2D eigenvalue weighted by Gasteiger charge is 2.27. The largest absolute Gasteiger partial charge is 0.398 e. The third kappa shape index (κ3) is 2.98. The second kappa shape index (κ2) is 5.64. The Kier molecular flexibility index (Phi) is 4.15. The van der Waals surface area contributed by atoms with E-state index in [0.717, 1.165) is 23.1 Å². The van der Waals surface area contributed by atoms with Crippen LogP contribution >= 0.6 is 0 Å². The summed E-state index contributed by atoms with van der Waals surface area (Å²) in [6.45, 7) is 6.74. The smallest absolute Gasteiger partial charge is 0.0364 e. The monoisotopic (exact) mass is 246 g/mol. The molecule has 0 heterocycles. The molecule has 1 fully saturated rings. The van der Waals surface area contributed by atoms with Crippen molar-refractivity contribution in [1.82, 2.24) is 0 Å². The van der Waals surface area contributed by atoms with Crippen LogP contribution in [0.25, 0.3) is 0 Å². The molecule has 2 atom stereocenters. The van der Waals surface area contributed by atoms with E-state index in [0.29, 0.717) is 6.04 Å². The number of nitrogens with one attached hydrogen (secondary N) is 1. The normalized spacial score (nSPS) is 24.2. The minimum atomic E-state index is 0.612. The minimum Gasteiger partial charge on any atom is -0.398 e. The molecule has 0 radical (unpaired) electrons. The van der Waals surface area contributed by atoms with Crippen molar-refractivity contribution < 1.29 is 0 Å². The van der Waals surface area contributed by atoms with Gasteiger partial charge in [0.15, 0.2) is 0 Å². The van der Waals surface area contributed by atoms with Crippen LogP contribution in [-0.4, -0.2) is 6.04 Å². The summed E-state index contributed by atoms with van der Waals surface area (Å²) in [5.41, 5.74) is 9.20. The number of nitrogen functional groups attached to an aromatic ring is 1. The van der Waals surface area contributed by atoms with Gasteiger partial charge in [0.05, 0.1) is 0 Å². The molecular formula is C16H26N2. The van der Waals surface area contributed by atoms with Gasteiger partial charge in [0, 0.05) is 17.4 Å². The molecule has 0 aliphatic heterocycles. The lowest BCUT2D eigenvalue weighted by molar-refractivity contribution is 0.254. The number of anilines is 2. The molecule has 1 aliphatic carbocycles. The maximum Gasteiger partial charge on any atom is 0.0364 e. The summed E-state index contributed by atoms with van der Waals surface area (Å²) < 4.78 is 0. The van der Waals surface area contributed by atoms with Crippen molar-refractivity contribution >= 4 is 11.4 Å². The van der Waals surface area contributed by atoms with E-state index in [1.54, 1.807) is 0 Å². The third-order valence-electron chi connectivity index (χ3n) is 4.31. The molecule has 1 saturated carbocycles. The van der Waals surface area contributed by atoms with Crippen molar-refractivity contribution in [3.8, 4) is 0 Å². The highest BCUT2D eigenvalue weighted by molar-refractivity contribution is 5.58. The zero-order valence-corrected chi connectivity index (χ0v) is 11.9. The van der Waals surface area contributed by atoms with Crippen molar-refractivity contribution in [2.24, 2.45) is 11.8 Å². The van der Waals surface area contributed by atoms with E-state index in [9.17, 15) is 0 Å². The SMILES string of the molecule is Cc1ccc(NC2CCCCC2C(C)C)cc1N. The number of rotatable bonds is 3. The molecule has 2 unspecified atom stereocenters. The fourth-order valence-corrected chi connectivity index (χ4v) is 3.08. The molecule has 3 N–H and O–H groups in total. The standard InChI is InChI=1S/C16H26N2/c1-11(2)14-6-4-5-7-16(14)18-13-9-8-12(3)15(17)10-13/h8-11,14,16,18H,4-7,17H2,1-3H3. The van der Waals surface area contributed by atoms with Crippen LogP contribution in [0.3, 0.4) is 0 Å². The van der Waals surface area contributed by atoms with Gasteiger partial charge in [-0.05, 0) is 49.3 Å². The summed E-state index contributed by atoms with van der Waals surface area (Å²) in [7, 11) is 0. The Morgan fingerprint density at radius 2 is 1.94 bits per heavy atom. The van der Waals surface area contributed by atoms with Crippen LogP contribution in [0.2, 0.25) is 0 Å². The molecule has 18 heavy (non-hydrogen) atoms. The Hall–Kier alpha value is -1.18. The average Bonchev–Trinajstić information content (AvgIpc) is 2.34. The number of aryl methyl sites for hydroxylation is 1. The Labute approximate surface area is 111 Å². The van der Waals surface area contributed by atoms with Crippen molar-refractivity contribution in [1.29, 1.82) is 0 Å². The first-order valence-electron chi connectivity index (χ1n) is 7.20. The summed E-state index contributed by atoms with van der Waals surface area (Å²) in [5.74, 6) is 1.55. The second-order valence-corrected chi connectivity index (χ2v) is 6.01. The zero-order valence-electron chi connectivity index (χ0n) is 11.9. The summed E-state index contributed by atoms with van der Waals surface area (Å²) in [5, 5.41) is 3.70. The van der Waals surface area contributed by atoms with Gasteiger partial charge in [0.2, 0.25) is 0 Å². The molecule has 0 spiro atoms. The molecule has 0 amide bonds. The number of benzene rings is 1. The number of nitrogens with two attached hydrogens (primary N) is 1. The van der Waals surface area contributed by atoms with Crippen molar-refractivity contribution in [3.05, 3.63) is 23.8 Å². The van der Waals surface area contributed by atoms with Gasteiger partial charge in [0.1, 0.15) is 0 Å². The van der Waals surface area contributed by atoms with Crippen LogP contribution in [0.15, 0.2) is 18.2 Å². The summed E-state index contributed by atoms with van der Waals surface area (Å²) >= 11 is 0. The van der Waals surface area contributed by atoms with Crippen LogP contribution in [0.5, 0.6) is 0 Å². The van der Waals surface area contributed by atoms with Gasteiger partial charge in [-0.3, -0.25) is 0 Å². The maximum absolute atomic E-state index is 5.98. The first kappa shape index (κ1) is 13.3. The van der Waals surface area contributed by atoms with Crippen molar-refractivity contribution in [2.75, 3.05) is 11.1 Å². The van der Waals surface area contributed by atoms with Crippen LogP contribution in [0, 0.1) is 18.8 Å². The minimum absolute atomic E-state index is 0.612. The second-order valence-electron chi connectivity index (χ2n) is 6.01. The van der Waals surface area contributed by atoms with E-state index in [-0.39, 0.29) is 0 Å². The van der Waals surface area contributed by atoms with E-state index < -0.39 is 0 Å². The van der Waals surface area contributed by atoms with Gasteiger partial charge in [-0.1, -0.05) is 32.8 Å². The molecule has 2 heteroatoms. The lowest BCUT2D eigenvalue weighted by Gasteiger charge is -2.35. The molecule has 1 aromatic rings. The lowest BCUT2D eigenvalue weighted by atomic mass is 9.78. The first-order valence-corrected chi connectivity index (χ1v) is 7.20. The molecule has 1 aromatic carbocycles. The Morgan fingerprint density at radius 1 is 1.22 bits per heavy atom. The topological polar surface area (TPSA) is 38.0 Å². The van der Waals surface area contributed by atoms with E-state index in [2.05, 4.69) is 44.3 Å². The van der Waals surface area contributed by atoms with Crippen molar-refractivity contribution in [3.63, 3.8) is 0 Å². The van der Waals surface area contributed by atoms with Gasteiger partial charge < -0.3 is 11.1 Å². The maximum atomic E-state index is 5.98. The van der Waals surface area contributed by atoms with Gasteiger partial charge in [-0.25, -0.2) is 0 Å². The summed E-state index contributed by atoms with van der Waals surface area (Å²) in [6, 6.07) is 6.94. The first-order chi connectivity index (χ1) is 8.58. The van der Waals surface area contributed by atoms with Gasteiger partial charge in [-0.15, -0.1) is 0 Å². The highest BCUT2D eigenvalue weighted by atomic mass is 14.9. The van der Waals surface area contributed by atoms with Crippen LogP contribution < -0.4 is 11.1 Å². The van der Waals surface area contributed by atoms with E-state index >= 15 is 0 Å².